The molecule has 0 spiro atoms. The van der Waals surface area contributed by atoms with Crippen molar-refractivity contribution in [3.8, 4) is 0 Å². The lowest BCUT2D eigenvalue weighted by atomic mass is 10.1. The molecule has 4 rings (SSSR count). The molecule has 0 N–H and O–H groups in total. The molecule has 5 nitrogen and oxygen atoms in total. The van der Waals surface area contributed by atoms with Crippen LogP contribution >= 0.6 is 11.8 Å². The normalized spacial score (nSPS) is 23.1. The van der Waals surface area contributed by atoms with E-state index in [2.05, 4.69) is 41.9 Å². The van der Waals surface area contributed by atoms with Crippen molar-refractivity contribution in [3.05, 3.63) is 64.6 Å². The highest BCUT2D eigenvalue weighted by molar-refractivity contribution is 8.05. The summed E-state index contributed by atoms with van der Waals surface area (Å²) in [6, 6.07) is 6.46. The topological polar surface area (TPSA) is 53.0 Å². The smallest absolute Gasteiger partial charge is 0.283 e. The number of carbonyl (C=O) groups is 2. The minimum Gasteiger partial charge on any atom is -0.368 e. The van der Waals surface area contributed by atoms with Crippen molar-refractivity contribution >= 4 is 35.0 Å². The first-order valence-corrected chi connectivity index (χ1v) is 10.4. The van der Waals surface area contributed by atoms with Crippen molar-refractivity contribution in [2.24, 2.45) is 4.99 Å². The van der Waals surface area contributed by atoms with Gasteiger partial charge < -0.3 is 9.80 Å². The molecule has 144 valence electrons. The summed E-state index contributed by atoms with van der Waals surface area (Å²) in [5.41, 5.74) is 4.48. The number of hydrogen-bond acceptors (Lipinski definition) is 4. The highest BCUT2D eigenvalue weighted by atomic mass is 32.2. The second-order valence-corrected chi connectivity index (χ2v) is 8.42. The average Bonchev–Trinajstić information content (AvgIpc) is 2.70. The summed E-state index contributed by atoms with van der Waals surface area (Å²) < 4.78 is 0. The first-order chi connectivity index (χ1) is 13.5. The molecule has 1 aliphatic carbocycles. The third-order valence-electron chi connectivity index (χ3n) is 5.20. The molecule has 1 fully saturated rings. The molecule has 2 heterocycles. The van der Waals surface area contributed by atoms with Gasteiger partial charge in [0, 0.05) is 37.9 Å². The highest BCUT2D eigenvalue weighted by Crippen LogP contribution is 2.31. The molecular weight excluding hydrogens is 370 g/mol. The number of allylic oxidation sites excluding steroid dienone is 3. The highest BCUT2D eigenvalue weighted by Gasteiger charge is 2.28. The lowest BCUT2D eigenvalue weighted by molar-refractivity contribution is -0.126. The summed E-state index contributed by atoms with van der Waals surface area (Å²) >= 11 is 1.40. The van der Waals surface area contributed by atoms with Crippen LogP contribution in [0.4, 0.5) is 5.69 Å². The van der Waals surface area contributed by atoms with Crippen LogP contribution < -0.4 is 4.90 Å². The van der Waals surface area contributed by atoms with E-state index >= 15 is 0 Å². The number of fused-ring (bicyclic) bond motifs is 1. The van der Waals surface area contributed by atoms with Crippen LogP contribution in [0, 0.1) is 13.8 Å². The van der Waals surface area contributed by atoms with Crippen molar-refractivity contribution < 1.29 is 9.59 Å². The molecule has 3 aliphatic rings. The number of hydrogen-bond donors (Lipinski definition) is 0. The molecular formula is C22H23N3O2S. The van der Waals surface area contributed by atoms with Crippen LogP contribution in [0.2, 0.25) is 0 Å². The summed E-state index contributed by atoms with van der Waals surface area (Å²) in [4.78, 5) is 33.7. The Morgan fingerprint density at radius 2 is 1.96 bits per heavy atom. The zero-order chi connectivity index (χ0) is 19.7. The van der Waals surface area contributed by atoms with Gasteiger partial charge in [0.1, 0.15) is 0 Å². The number of carbonyl (C=O) groups excluding carboxylic acids is 2. The molecule has 1 atom stereocenters. The molecule has 1 saturated heterocycles. The summed E-state index contributed by atoms with van der Waals surface area (Å²) in [5.74, 6) is -0.427. The Hall–Kier alpha value is -2.60. The van der Waals surface area contributed by atoms with E-state index in [0.29, 0.717) is 18.0 Å². The number of thioether (sulfide) groups is 1. The fraction of sp³-hybridized carbons (Fsp3) is 0.318. The Morgan fingerprint density at radius 1 is 1.18 bits per heavy atom. The monoisotopic (exact) mass is 393 g/mol. The zero-order valence-electron chi connectivity index (χ0n) is 16.1. The van der Waals surface area contributed by atoms with Gasteiger partial charge in [0.05, 0.1) is 15.9 Å². The van der Waals surface area contributed by atoms with Crippen LogP contribution in [0.3, 0.4) is 0 Å². The number of aryl methyl sites for hydroxylation is 2. The standard InChI is InChI=1S/C22H23N3O2S/c1-15-7-8-16(2)18(13-15)24-9-11-25(12-10-24)21(26)14-20-22(27)23-17-5-3-4-6-19(17)28-20/h3-8,13-14,19H,9-12H2,1-2H3/b20-14-. The first-order valence-electron chi connectivity index (χ1n) is 9.48. The molecule has 1 unspecified atom stereocenters. The van der Waals surface area contributed by atoms with Crippen LogP contribution in [0.25, 0.3) is 0 Å². The van der Waals surface area contributed by atoms with E-state index < -0.39 is 0 Å². The van der Waals surface area contributed by atoms with Gasteiger partial charge in [-0.2, -0.15) is 0 Å². The van der Waals surface area contributed by atoms with Crippen LogP contribution in [-0.4, -0.2) is 53.9 Å². The largest absolute Gasteiger partial charge is 0.368 e. The van der Waals surface area contributed by atoms with Gasteiger partial charge in [0.2, 0.25) is 5.91 Å². The molecule has 0 saturated carbocycles. The van der Waals surface area contributed by atoms with Crippen molar-refractivity contribution in [2.75, 3.05) is 31.1 Å². The van der Waals surface area contributed by atoms with Crippen LogP contribution in [0.15, 0.2) is 58.5 Å². The molecule has 0 bridgehead atoms. The summed E-state index contributed by atoms with van der Waals surface area (Å²) in [5, 5.41) is 0.0166. The molecule has 1 aromatic rings. The van der Waals surface area contributed by atoms with Gasteiger partial charge in [-0.25, -0.2) is 4.99 Å². The van der Waals surface area contributed by atoms with Gasteiger partial charge in [0.25, 0.3) is 5.91 Å². The maximum Gasteiger partial charge on any atom is 0.283 e. The van der Waals surface area contributed by atoms with Crippen molar-refractivity contribution in [2.45, 2.75) is 19.1 Å². The van der Waals surface area contributed by atoms with E-state index in [1.54, 1.807) is 0 Å². The van der Waals surface area contributed by atoms with Crippen LogP contribution in [0.5, 0.6) is 0 Å². The Kier molecular flexibility index (Phi) is 5.22. The van der Waals surface area contributed by atoms with E-state index in [0.717, 1.165) is 18.8 Å². The quantitative estimate of drug-likeness (QED) is 0.725. The maximum absolute atomic E-state index is 12.7. The molecule has 2 amide bonds. The Balaban J connectivity index is 1.42. The summed E-state index contributed by atoms with van der Waals surface area (Å²) in [6.07, 6.45) is 9.13. The van der Waals surface area contributed by atoms with E-state index in [-0.39, 0.29) is 17.1 Å². The van der Waals surface area contributed by atoms with Gasteiger partial charge in [-0.3, -0.25) is 9.59 Å². The third kappa shape index (κ3) is 3.83. The Labute approximate surface area is 169 Å². The lowest BCUT2D eigenvalue weighted by Crippen LogP contribution is -2.48. The SMILES string of the molecule is Cc1ccc(C)c(N2CCN(C(=O)/C=C3\SC4C=CC=CC4=NC3=O)CC2)c1. The van der Waals surface area contributed by atoms with E-state index in [4.69, 9.17) is 0 Å². The summed E-state index contributed by atoms with van der Waals surface area (Å²) in [6.45, 7) is 7.09. The summed E-state index contributed by atoms with van der Waals surface area (Å²) in [7, 11) is 0. The van der Waals surface area contributed by atoms with Gasteiger partial charge in [0.15, 0.2) is 0 Å². The number of rotatable bonds is 2. The van der Waals surface area contributed by atoms with E-state index in [1.807, 2.05) is 29.2 Å². The fourth-order valence-corrected chi connectivity index (χ4v) is 4.61. The van der Waals surface area contributed by atoms with Crippen molar-refractivity contribution in [3.63, 3.8) is 0 Å². The maximum atomic E-state index is 12.7. The average molecular weight is 394 g/mol. The molecule has 0 radical (unpaired) electrons. The number of benzene rings is 1. The minimum atomic E-state index is -0.321. The predicted octanol–water partition coefficient (Wildman–Crippen LogP) is 3.04. The van der Waals surface area contributed by atoms with Gasteiger partial charge in [-0.15, -0.1) is 11.8 Å². The second-order valence-electron chi connectivity index (χ2n) is 7.24. The van der Waals surface area contributed by atoms with Crippen LogP contribution in [-0.2, 0) is 9.59 Å². The lowest BCUT2D eigenvalue weighted by Gasteiger charge is -2.36. The number of piperazine rings is 1. The van der Waals surface area contributed by atoms with E-state index in [1.165, 1.54) is 34.7 Å². The van der Waals surface area contributed by atoms with Gasteiger partial charge in [-0.05, 0) is 37.1 Å². The van der Waals surface area contributed by atoms with Gasteiger partial charge in [-0.1, -0.05) is 30.4 Å². The number of nitrogens with zero attached hydrogens (tertiary/aromatic N) is 3. The predicted molar refractivity (Wildman–Crippen MR) is 115 cm³/mol. The van der Waals surface area contributed by atoms with Gasteiger partial charge >= 0.3 is 0 Å². The molecule has 1 aromatic carbocycles. The first kappa shape index (κ1) is 18.7. The van der Waals surface area contributed by atoms with E-state index in [9.17, 15) is 9.59 Å². The molecule has 2 aliphatic heterocycles. The van der Waals surface area contributed by atoms with Crippen molar-refractivity contribution in [1.29, 1.82) is 0 Å². The number of anilines is 1. The Morgan fingerprint density at radius 3 is 2.75 bits per heavy atom. The zero-order valence-corrected chi connectivity index (χ0v) is 16.9. The van der Waals surface area contributed by atoms with Crippen LogP contribution in [0.1, 0.15) is 11.1 Å². The second kappa shape index (κ2) is 7.80. The minimum absolute atomic E-state index is 0.0166. The Bertz CT molecular complexity index is 937. The number of aliphatic imine (C=N–C) groups is 1. The fourth-order valence-electron chi connectivity index (χ4n) is 3.60. The molecule has 0 aromatic heterocycles. The third-order valence-corrected chi connectivity index (χ3v) is 6.40. The molecule has 28 heavy (non-hydrogen) atoms. The van der Waals surface area contributed by atoms with Crippen molar-refractivity contribution in [1.82, 2.24) is 4.90 Å². The molecule has 6 heteroatoms. The number of amides is 2.